The van der Waals surface area contributed by atoms with Crippen LogP contribution < -0.4 is 10.6 Å². The average molecular weight is 261 g/mol. The fourth-order valence-corrected chi connectivity index (χ4v) is 1.26. The van der Waals surface area contributed by atoms with Gasteiger partial charge in [0.05, 0.1) is 0 Å². The molecule has 0 fully saturated rings. The summed E-state index contributed by atoms with van der Waals surface area (Å²) in [4.78, 5) is 14.3. The molecule has 0 spiro atoms. The number of pyridine rings is 1. The van der Waals surface area contributed by atoms with Crippen LogP contribution in [0.3, 0.4) is 0 Å². The summed E-state index contributed by atoms with van der Waals surface area (Å²) in [5.74, 6) is -4.37. The summed E-state index contributed by atoms with van der Waals surface area (Å²) < 4.78 is 38.5. The Morgan fingerprint density at radius 1 is 1.33 bits per heavy atom. The van der Waals surface area contributed by atoms with Crippen molar-refractivity contribution in [3.63, 3.8) is 0 Å². The second-order valence-electron chi connectivity index (χ2n) is 3.99. The van der Waals surface area contributed by atoms with Crippen LogP contribution in [0.25, 0.3) is 0 Å². The fraction of sp³-hybridized carbons (Fsp3) is 0.455. The summed E-state index contributed by atoms with van der Waals surface area (Å²) in [6.45, 7) is 3.69. The molecule has 100 valence electrons. The molecule has 0 atom stereocenters. The van der Waals surface area contributed by atoms with Crippen molar-refractivity contribution < 1.29 is 18.0 Å². The van der Waals surface area contributed by atoms with Gasteiger partial charge in [-0.3, -0.25) is 4.79 Å². The molecule has 1 aromatic rings. The van der Waals surface area contributed by atoms with Crippen LogP contribution >= 0.6 is 0 Å². The summed E-state index contributed by atoms with van der Waals surface area (Å²) >= 11 is 0. The van der Waals surface area contributed by atoms with Gasteiger partial charge in [-0.1, -0.05) is 0 Å². The van der Waals surface area contributed by atoms with E-state index in [1.165, 1.54) is 0 Å². The normalized spacial score (nSPS) is 10.6. The van der Waals surface area contributed by atoms with Gasteiger partial charge in [0.25, 0.3) is 5.95 Å². The Morgan fingerprint density at radius 2 is 2.00 bits per heavy atom. The predicted molar refractivity (Wildman–Crippen MR) is 60.5 cm³/mol. The Labute approximate surface area is 103 Å². The lowest BCUT2D eigenvalue weighted by molar-refractivity contribution is -0.121. The monoisotopic (exact) mass is 261 g/mol. The van der Waals surface area contributed by atoms with Gasteiger partial charge in [0.15, 0.2) is 17.5 Å². The van der Waals surface area contributed by atoms with Crippen molar-refractivity contribution in [1.29, 1.82) is 0 Å². The summed E-state index contributed by atoms with van der Waals surface area (Å²) in [5.41, 5.74) is 0. The van der Waals surface area contributed by atoms with E-state index in [0.717, 1.165) is 0 Å². The Balaban J connectivity index is 2.49. The van der Waals surface area contributed by atoms with E-state index >= 15 is 0 Å². The molecular formula is C11H14F3N3O. The molecule has 2 N–H and O–H groups in total. The molecule has 4 nitrogen and oxygen atoms in total. The van der Waals surface area contributed by atoms with E-state index in [-0.39, 0.29) is 24.9 Å². The lowest BCUT2D eigenvalue weighted by Gasteiger charge is -2.09. The zero-order chi connectivity index (χ0) is 13.7. The van der Waals surface area contributed by atoms with E-state index in [4.69, 9.17) is 0 Å². The minimum atomic E-state index is -1.38. The van der Waals surface area contributed by atoms with Crippen LogP contribution in [0.2, 0.25) is 0 Å². The number of nitrogens with zero attached hydrogens (tertiary/aromatic N) is 1. The van der Waals surface area contributed by atoms with E-state index in [2.05, 4.69) is 15.6 Å². The zero-order valence-electron chi connectivity index (χ0n) is 10.1. The van der Waals surface area contributed by atoms with Gasteiger partial charge in [-0.15, -0.1) is 0 Å². The smallest absolute Gasteiger partial charge is 0.251 e. The fourth-order valence-electron chi connectivity index (χ4n) is 1.26. The van der Waals surface area contributed by atoms with Gasteiger partial charge >= 0.3 is 0 Å². The highest BCUT2D eigenvalue weighted by Gasteiger charge is 2.11. The SMILES string of the molecule is CC(C)NC(=O)CCNc1nc(F)c(F)cc1F. The molecule has 0 bridgehead atoms. The summed E-state index contributed by atoms with van der Waals surface area (Å²) in [6.07, 6.45) is 0.0816. The van der Waals surface area contributed by atoms with Gasteiger partial charge < -0.3 is 10.6 Å². The van der Waals surface area contributed by atoms with Gasteiger partial charge in [-0.25, -0.2) is 8.78 Å². The third-order valence-corrected chi connectivity index (χ3v) is 1.98. The first-order valence-corrected chi connectivity index (χ1v) is 5.45. The topological polar surface area (TPSA) is 54.0 Å². The molecule has 7 heteroatoms. The molecule has 0 aliphatic heterocycles. The van der Waals surface area contributed by atoms with Crippen LogP contribution in [0.5, 0.6) is 0 Å². The summed E-state index contributed by atoms with van der Waals surface area (Å²) in [7, 11) is 0. The van der Waals surface area contributed by atoms with Crippen LogP contribution in [-0.2, 0) is 4.79 Å². The maximum absolute atomic E-state index is 13.1. The lowest BCUT2D eigenvalue weighted by atomic mass is 10.3. The molecular weight excluding hydrogens is 247 g/mol. The minimum absolute atomic E-state index is 0.00984. The Morgan fingerprint density at radius 3 is 2.61 bits per heavy atom. The molecule has 1 rings (SSSR count). The van der Waals surface area contributed by atoms with Crippen LogP contribution in [-0.4, -0.2) is 23.5 Å². The molecule has 0 saturated heterocycles. The van der Waals surface area contributed by atoms with E-state index in [1.807, 2.05) is 13.8 Å². The number of hydrogen-bond acceptors (Lipinski definition) is 3. The molecule has 1 amide bonds. The molecule has 1 heterocycles. The Hall–Kier alpha value is -1.79. The van der Waals surface area contributed by atoms with E-state index < -0.39 is 23.4 Å². The van der Waals surface area contributed by atoms with E-state index in [1.54, 1.807) is 0 Å². The predicted octanol–water partition coefficient (Wildman–Crippen LogP) is 1.83. The first-order chi connectivity index (χ1) is 8.40. The third kappa shape index (κ3) is 4.23. The van der Waals surface area contributed by atoms with Gasteiger partial charge in [0.2, 0.25) is 5.91 Å². The average Bonchev–Trinajstić information content (AvgIpc) is 2.24. The highest BCUT2D eigenvalue weighted by Crippen LogP contribution is 2.13. The van der Waals surface area contributed by atoms with Crippen LogP contribution in [0.15, 0.2) is 6.07 Å². The van der Waals surface area contributed by atoms with E-state index in [9.17, 15) is 18.0 Å². The van der Waals surface area contributed by atoms with Crippen molar-refractivity contribution in [2.45, 2.75) is 26.3 Å². The largest absolute Gasteiger partial charge is 0.367 e. The number of nitrogens with one attached hydrogen (secondary N) is 2. The summed E-state index contributed by atoms with van der Waals surface area (Å²) in [5, 5.41) is 5.07. The zero-order valence-corrected chi connectivity index (χ0v) is 10.1. The Kier molecular flexibility index (Phi) is 4.94. The molecule has 0 radical (unpaired) electrons. The van der Waals surface area contributed by atoms with Crippen molar-refractivity contribution in [2.75, 3.05) is 11.9 Å². The highest BCUT2D eigenvalue weighted by atomic mass is 19.2. The first kappa shape index (κ1) is 14.3. The van der Waals surface area contributed by atoms with Crippen molar-refractivity contribution in [1.82, 2.24) is 10.3 Å². The molecule has 0 aliphatic carbocycles. The highest BCUT2D eigenvalue weighted by molar-refractivity contribution is 5.76. The van der Waals surface area contributed by atoms with Gasteiger partial charge in [-0.2, -0.15) is 9.37 Å². The number of rotatable bonds is 5. The van der Waals surface area contributed by atoms with Crippen molar-refractivity contribution in [2.24, 2.45) is 0 Å². The molecule has 0 unspecified atom stereocenters. The van der Waals surface area contributed by atoms with Crippen LogP contribution in [0, 0.1) is 17.6 Å². The number of carbonyl (C=O) groups excluding carboxylic acids is 1. The van der Waals surface area contributed by atoms with Gasteiger partial charge in [-0.05, 0) is 13.8 Å². The molecule has 0 aromatic carbocycles. The molecule has 0 saturated carbocycles. The quantitative estimate of drug-likeness (QED) is 0.795. The second-order valence-corrected chi connectivity index (χ2v) is 3.99. The molecule has 18 heavy (non-hydrogen) atoms. The van der Waals surface area contributed by atoms with Crippen LogP contribution in [0.1, 0.15) is 20.3 Å². The third-order valence-electron chi connectivity index (χ3n) is 1.98. The Bertz CT molecular complexity index is 438. The van der Waals surface area contributed by atoms with Crippen molar-refractivity contribution in [3.05, 3.63) is 23.6 Å². The lowest BCUT2D eigenvalue weighted by Crippen LogP contribution is -2.31. The number of aromatic nitrogens is 1. The molecule has 0 aliphatic rings. The second kappa shape index (κ2) is 6.23. The summed E-state index contributed by atoms with van der Waals surface area (Å²) in [6, 6.07) is 0.411. The van der Waals surface area contributed by atoms with Crippen molar-refractivity contribution >= 4 is 11.7 Å². The standard InChI is InChI=1S/C11H14F3N3O/c1-6(2)16-9(18)3-4-15-11-8(13)5-7(12)10(14)17-11/h5-6H,3-4H2,1-2H3,(H,15,17)(H,16,18). The van der Waals surface area contributed by atoms with Crippen molar-refractivity contribution in [3.8, 4) is 0 Å². The number of hydrogen-bond donors (Lipinski definition) is 2. The first-order valence-electron chi connectivity index (χ1n) is 5.45. The van der Waals surface area contributed by atoms with E-state index in [0.29, 0.717) is 6.07 Å². The number of carbonyl (C=O) groups is 1. The van der Waals surface area contributed by atoms with Gasteiger partial charge in [0.1, 0.15) is 0 Å². The number of amides is 1. The number of anilines is 1. The molecule has 1 aromatic heterocycles. The number of halogens is 3. The van der Waals surface area contributed by atoms with Crippen LogP contribution in [0.4, 0.5) is 19.0 Å². The maximum atomic E-state index is 13.1. The maximum Gasteiger partial charge on any atom is 0.251 e. The van der Waals surface area contributed by atoms with Gasteiger partial charge in [0, 0.05) is 25.1 Å². The minimum Gasteiger partial charge on any atom is -0.367 e.